The molecule has 2 N–H and O–H groups in total. The van der Waals surface area contributed by atoms with Gasteiger partial charge in [0.15, 0.2) is 0 Å². The van der Waals surface area contributed by atoms with Crippen LogP contribution in [0.5, 0.6) is 0 Å². The summed E-state index contributed by atoms with van der Waals surface area (Å²) >= 11 is 0. The lowest BCUT2D eigenvalue weighted by Gasteiger charge is -2.04. The lowest BCUT2D eigenvalue weighted by Crippen LogP contribution is -2.28. The molecule has 1 amide bonds. The molecule has 1 aromatic rings. The van der Waals surface area contributed by atoms with Gasteiger partial charge in [0.1, 0.15) is 12.4 Å². The fourth-order valence-corrected chi connectivity index (χ4v) is 1.58. The van der Waals surface area contributed by atoms with E-state index in [9.17, 15) is 14.0 Å². The minimum absolute atomic E-state index is 0.238. The predicted octanol–water partition coefficient (Wildman–Crippen LogP) is 1.66. The first-order valence-electron chi connectivity index (χ1n) is 5.72. The average molecular weight is 253 g/mol. The van der Waals surface area contributed by atoms with Crippen molar-refractivity contribution in [2.75, 3.05) is 6.54 Å². The van der Waals surface area contributed by atoms with E-state index in [0.29, 0.717) is 18.4 Å². The summed E-state index contributed by atoms with van der Waals surface area (Å²) in [6.45, 7) is 1.34. The van der Waals surface area contributed by atoms with Gasteiger partial charge in [-0.3, -0.25) is 9.59 Å². The monoisotopic (exact) mass is 253 g/mol. The van der Waals surface area contributed by atoms with E-state index < -0.39 is 5.97 Å². The Bertz CT molecular complexity index is 446. The third kappa shape index (κ3) is 4.95. The zero-order valence-electron chi connectivity index (χ0n) is 10.2. The average Bonchev–Trinajstić information content (AvgIpc) is 2.31. The van der Waals surface area contributed by atoms with Crippen LogP contribution in [-0.2, 0) is 16.0 Å². The molecule has 4 nitrogen and oxygen atoms in total. The molecule has 0 saturated heterocycles. The van der Waals surface area contributed by atoms with Crippen molar-refractivity contribution in [3.05, 3.63) is 35.1 Å². The Labute approximate surface area is 105 Å². The van der Waals surface area contributed by atoms with Crippen LogP contribution in [0.1, 0.15) is 24.0 Å². The molecule has 18 heavy (non-hydrogen) atoms. The van der Waals surface area contributed by atoms with Crippen LogP contribution in [0.25, 0.3) is 0 Å². The van der Waals surface area contributed by atoms with Gasteiger partial charge in [-0.1, -0.05) is 12.1 Å². The van der Waals surface area contributed by atoms with E-state index >= 15 is 0 Å². The fraction of sp³-hybridized carbons (Fsp3) is 0.385. The number of carbonyl (C=O) groups is 2. The summed E-state index contributed by atoms with van der Waals surface area (Å²) in [6.07, 6.45) is 1.54. The van der Waals surface area contributed by atoms with Crippen LogP contribution >= 0.6 is 0 Å². The van der Waals surface area contributed by atoms with Crippen LogP contribution in [-0.4, -0.2) is 23.5 Å². The second kappa shape index (κ2) is 6.74. The van der Waals surface area contributed by atoms with Crippen molar-refractivity contribution in [1.29, 1.82) is 0 Å². The largest absolute Gasteiger partial charge is 0.480 e. The lowest BCUT2D eigenvalue weighted by molar-refractivity contribution is -0.137. The van der Waals surface area contributed by atoms with Crippen LogP contribution in [0, 0.1) is 12.7 Å². The summed E-state index contributed by atoms with van der Waals surface area (Å²) in [5.74, 6) is -1.58. The molecular weight excluding hydrogens is 237 g/mol. The van der Waals surface area contributed by atoms with E-state index in [1.807, 2.05) is 0 Å². The normalized spacial score (nSPS) is 10.1. The summed E-state index contributed by atoms with van der Waals surface area (Å²) < 4.78 is 13.0. The van der Waals surface area contributed by atoms with E-state index in [-0.39, 0.29) is 24.7 Å². The minimum atomic E-state index is -1.06. The molecule has 0 radical (unpaired) electrons. The Hall–Kier alpha value is -1.91. The number of carboxylic acid groups (broad SMARTS) is 1. The Morgan fingerprint density at radius 1 is 1.39 bits per heavy atom. The standard InChI is InChI=1S/C13H16FNO3/c1-9-7-10(5-6-11(9)14)3-2-4-12(16)15-8-13(17)18/h5-7H,2-4,8H2,1H3,(H,15,16)(H,17,18). The van der Waals surface area contributed by atoms with Crippen LogP contribution in [0.15, 0.2) is 18.2 Å². The molecule has 98 valence electrons. The molecule has 0 atom stereocenters. The van der Waals surface area contributed by atoms with E-state index in [1.54, 1.807) is 19.1 Å². The smallest absolute Gasteiger partial charge is 0.322 e. The number of nitrogens with one attached hydrogen (secondary N) is 1. The molecule has 0 heterocycles. The maximum Gasteiger partial charge on any atom is 0.322 e. The number of halogens is 1. The molecule has 0 aliphatic heterocycles. The van der Waals surface area contributed by atoms with Crippen molar-refractivity contribution in [3.8, 4) is 0 Å². The Balaban J connectivity index is 2.30. The number of amides is 1. The van der Waals surface area contributed by atoms with E-state index in [4.69, 9.17) is 5.11 Å². The maximum absolute atomic E-state index is 13.0. The summed E-state index contributed by atoms with van der Waals surface area (Å²) in [4.78, 5) is 21.4. The highest BCUT2D eigenvalue weighted by Crippen LogP contribution is 2.11. The number of hydrogen-bond acceptors (Lipinski definition) is 2. The molecule has 0 aromatic heterocycles. The third-order valence-electron chi connectivity index (χ3n) is 2.53. The van der Waals surface area contributed by atoms with Gasteiger partial charge in [0, 0.05) is 6.42 Å². The van der Waals surface area contributed by atoms with Crippen molar-refractivity contribution in [2.45, 2.75) is 26.2 Å². The zero-order chi connectivity index (χ0) is 13.5. The topological polar surface area (TPSA) is 66.4 Å². The van der Waals surface area contributed by atoms with Gasteiger partial charge in [-0.05, 0) is 37.0 Å². The van der Waals surface area contributed by atoms with Crippen LogP contribution in [0.2, 0.25) is 0 Å². The second-order valence-corrected chi connectivity index (χ2v) is 4.11. The highest BCUT2D eigenvalue weighted by molar-refractivity contribution is 5.80. The van der Waals surface area contributed by atoms with Gasteiger partial charge < -0.3 is 10.4 Å². The minimum Gasteiger partial charge on any atom is -0.480 e. The summed E-state index contributed by atoms with van der Waals surface area (Å²) in [6, 6.07) is 4.86. The number of benzene rings is 1. The molecule has 5 heteroatoms. The van der Waals surface area contributed by atoms with E-state index in [2.05, 4.69) is 5.32 Å². The quantitative estimate of drug-likeness (QED) is 0.810. The van der Waals surface area contributed by atoms with Gasteiger partial charge in [0.2, 0.25) is 5.91 Å². The fourth-order valence-electron chi connectivity index (χ4n) is 1.58. The third-order valence-corrected chi connectivity index (χ3v) is 2.53. The van der Waals surface area contributed by atoms with E-state index in [0.717, 1.165) is 5.56 Å². The Kier molecular flexibility index (Phi) is 5.30. The molecule has 0 bridgehead atoms. The highest BCUT2D eigenvalue weighted by atomic mass is 19.1. The first kappa shape index (κ1) is 14.2. The SMILES string of the molecule is Cc1cc(CCCC(=O)NCC(=O)O)ccc1F. The Morgan fingerprint density at radius 3 is 2.72 bits per heavy atom. The molecule has 0 fully saturated rings. The highest BCUT2D eigenvalue weighted by Gasteiger charge is 2.04. The second-order valence-electron chi connectivity index (χ2n) is 4.11. The van der Waals surface area contributed by atoms with Gasteiger partial charge >= 0.3 is 5.97 Å². The lowest BCUT2D eigenvalue weighted by atomic mass is 10.1. The first-order valence-corrected chi connectivity index (χ1v) is 5.72. The van der Waals surface area contributed by atoms with Crippen molar-refractivity contribution in [3.63, 3.8) is 0 Å². The molecule has 1 rings (SSSR count). The van der Waals surface area contributed by atoms with Gasteiger partial charge in [0.25, 0.3) is 0 Å². The molecule has 0 aliphatic carbocycles. The van der Waals surface area contributed by atoms with Gasteiger partial charge in [-0.15, -0.1) is 0 Å². The van der Waals surface area contributed by atoms with Crippen molar-refractivity contribution in [2.24, 2.45) is 0 Å². The molecule has 0 unspecified atom stereocenters. The van der Waals surface area contributed by atoms with Crippen molar-refractivity contribution in [1.82, 2.24) is 5.32 Å². The summed E-state index contributed by atoms with van der Waals surface area (Å²) in [5.41, 5.74) is 1.56. The molecule has 1 aromatic carbocycles. The summed E-state index contributed by atoms with van der Waals surface area (Å²) in [5, 5.41) is 10.7. The number of carboxylic acids is 1. The Morgan fingerprint density at radius 2 is 2.11 bits per heavy atom. The molecule has 0 saturated carbocycles. The first-order chi connectivity index (χ1) is 8.49. The van der Waals surface area contributed by atoms with Crippen molar-refractivity contribution >= 4 is 11.9 Å². The van der Waals surface area contributed by atoms with Crippen LogP contribution < -0.4 is 5.32 Å². The number of rotatable bonds is 6. The van der Waals surface area contributed by atoms with Crippen LogP contribution in [0.3, 0.4) is 0 Å². The number of aryl methyl sites for hydroxylation is 2. The molecular formula is C13H16FNO3. The number of hydrogen-bond donors (Lipinski definition) is 2. The molecule has 0 aliphatic rings. The van der Waals surface area contributed by atoms with Gasteiger partial charge in [0.05, 0.1) is 0 Å². The zero-order valence-corrected chi connectivity index (χ0v) is 10.2. The maximum atomic E-state index is 13.0. The number of aliphatic carboxylic acids is 1. The summed E-state index contributed by atoms with van der Waals surface area (Å²) in [7, 11) is 0. The molecule has 0 spiro atoms. The number of carbonyl (C=O) groups excluding carboxylic acids is 1. The van der Waals surface area contributed by atoms with E-state index in [1.165, 1.54) is 6.07 Å². The van der Waals surface area contributed by atoms with Gasteiger partial charge in [-0.2, -0.15) is 0 Å². The van der Waals surface area contributed by atoms with Crippen molar-refractivity contribution < 1.29 is 19.1 Å². The predicted molar refractivity (Wildman–Crippen MR) is 64.7 cm³/mol. The van der Waals surface area contributed by atoms with Gasteiger partial charge in [-0.25, -0.2) is 4.39 Å². The van der Waals surface area contributed by atoms with Crippen LogP contribution in [0.4, 0.5) is 4.39 Å².